The van der Waals surface area contributed by atoms with Crippen LogP contribution in [0.5, 0.6) is 0 Å². The highest BCUT2D eigenvalue weighted by molar-refractivity contribution is 6.12. The van der Waals surface area contributed by atoms with Crippen molar-refractivity contribution < 1.29 is 0 Å². The molecule has 0 unspecified atom stereocenters. The summed E-state index contributed by atoms with van der Waals surface area (Å²) in [4.78, 5) is 10.6. The Morgan fingerprint density at radius 2 is 1.02 bits per heavy atom. The highest BCUT2D eigenvalue weighted by Gasteiger charge is 2.22. The Kier molecular flexibility index (Phi) is 5.97. The Morgan fingerprint density at radius 3 is 1.71 bits per heavy atom. The van der Waals surface area contributed by atoms with Crippen LogP contribution in [0.25, 0.3) is 83.6 Å². The summed E-state index contributed by atoms with van der Waals surface area (Å²) in [6.45, 7) is 0. The zero-order valence-electron chi connectivity index (χ0n) is 26.2. The van der Waals surface area contributed by atoms with Crippen molar-refractivity contribution in [3.8, 4) is 33.9 Å². The number of para-hydroxylation sites is 3. The molecule has 0 atom stereocenters. The monoisotopic (exact) mass is 614 g/mol. The third-order valence-corrected chi connectivity index (χ3v) is 9.76. The van der Waals surface area contributed by atoms with Crippen molar-refractivity contribution in [3.05, 3.63) is 163 Å². The minimum Gasteiger partial charge on any atom is -0.309 e. The van der Waals surface area contributed by atoms with Gasteiger partial charge in [0.05, 0.1) is 33.5 Å². The molecule has 0 radical (unpaired) electrons. The van der Waals surface area contributed by atoms with Crippen LogP contribution in [0.2, 0.25) is 0 Å². The van der Waals surface area contributed by atoms with E-state index in [0.717, 1.165) is 52.3 Å². The highest BCUT2D eigenvalue weighted by atomic mass is 15.1. The zero-order valence-corrected chi connectivity index (χ0v) is 26.2. The topological polar surface area (TPSA) is 35.6 Å². The van der Waals surface area contributed by atoms with Gasteiger partial charge in [-0.25, -0.2) is 9.97 Å². The first-order chi connectivity index (χ1) is 23.8. The molecule has 1 aliphatic carbocycles. The number of aryl methyl sites for hydroxylation is 1. The first kappa shape index (κ1) is 26.9. The molecule has 1 aliphatic rings. The number of fused-ring (bicyclic) bond motifs is 7. The first-order valence-electron chi connectivity index (χ1n) is 16.6. The summed E-state index contributed by atoms with van der Waals surface area (Å²) in [5.74, 6) is 0.879. The van der Waals surface area contributed by atoms with Crippen molar-refractivity contribution in [3.63, 3.8) is 0 Å². The Bertz CT molecular complexity index is 2710. The van der Waals surface area contributed by atoms with Crippen LogP contribution in [0.15, 0.2) is 152 Å². The van der Waals surface area contributed by atoms with Crippen LogP contribution in [-0.2, 0) is 6.42 Å². The number of aromatic nitrogens is 4. The van der Waals surface area contributed by atoms with E-state index in [0.29, 0.717) is 0 Å². The fourth-order valence-electron chi connectivity index (χ4n) is 7.54. The average molecular weight is 615 g/mol. The van der Waals surface area contributed by atoms with Gasteiger partial charge in [0.2, 0.25) is 0 Å². The lowest BCUT2D eigenvalue weighted by Crippen LogP contribution is -2.09. The largest absolute Gasteiger partial charge is 0.309 e. The molecular formula is C44H30N4. The van der Waals surface area contributed by atoms with E-state index in [9.17, 15) is 0 Å². The van der Waals surface area contributed by atoms with Crippen LogP contribution in [0.3, 0.4) is 0 Å². The summed E-state index contributed by atoms with van der Waals surface area (Å²) in [6, 6.07) is 52.2. The average Bonchev–Trinajstić information content (AvgIpc) is 3.67. The van der Waals surface area contributed by atoms with Crippen LogP contribution in [-0.4, -0.2) is 19.1 Å². The maximum absolute atomic E-state index is 5.35. The smallest absolute Gasteiger partial charge is 0.164 e. The van der Waals surface area contributed by atoms with Crippen molar-refractivity contribution in [1.82, 2.24) is 19.1 Å². The Hall–Kier alpha value is -6.26. The predicted octanol–water partition coefficient (Wildman–Crippen LogP) is 11.0. The quantitative estimate of drug-likeness (QED) is 0.198. The highest BCUT2D eigenvalue weighted by Crippen LogP contribution is 2.39. The van der Waals surface area contributed by atoms with E-state index < -0.39 is 0 Å². The van der Waals surface area contributed by atoms with E-state index in [4.69, 9.17) is 9.97 Å². The standard InChI is InChI=1S/C44H30N4/c1-3-13-29(14-4-1)43-44(46-38-20-10-9-19-37(38)45-43)48-40-22-12-8-18-34(40)36-28-31(24-26-42(36)48)30-23-25-41-35(27-30)33-17-7-11-21-39(33)47(41)32-15-5-2-6-16-32/h1-9,11-19,21-28H,10,20H2. The van der Waals surface area contributed by atoms with Gasteiger partial charge in [-0.3, -0.25) is 4.57 Å². The Labute approximate surface area is 277 Å². The molecule has 4 nitrogen and oxygen atoms in total. The molecule has 0 fully saturated rings. The fraction of sp³-hybridized carbons (Fsp3) is 0.0455. The van der Waals surface area contributed by atoms with E-state index >= 15 is 0 Å². The molecule has 0 bridgehead atoms. The molecule has 48 heavy (non-hydrogen) atoms. The van der Waals surface area contributed by atoms with Gasteiger partial charge in [-0.1, -0.05) is 103 Å². The number of allylic oxidation sites excluding steroid dienone is 1. The molecule has 0 spiro atoms. The van der Waals surface area contributed by atoms with Gasteiger partial charge in [-0.15, -0.1) is 0 Å². The van der Waals surface area contributed by atoms with Crippen LogP contribution >= 0.6 is 0 Å². The molecule has 0 amide bonds. The molecule has 3 aromatic heterocycles. The van der Waals surface area contributed by atoms with Crippen molar-refractivity contribution in [2.75, 3.05) is 0 Å². The maximum Gasteiger partial charge on any atom is 0.164 e. The van der Waals surface area contributed by atoms with Gasteiger partial charge in [0.15, 0.2) is 5.82 Å². The third kappa shape index (κ3) is 4.09. The second kappa shape index (κ2) is 10.6. The molecule has 4 heteroatoms. The molecule has 226 valence electrons. The van der Waals surface area contributed by atoms with Crippen LogP contribution in [0, 0.1) is 0 Å². The Morgan fingerprint density at radius 1 is 0.458 bits per heavy atom. The van der Waals surface area contributed by atoms with Gasteiger partial charge in [-0.05, 0) is 78.6 Å². The summed E-state index contributed by atoms with van der Waals surface area (Å²) >= 11 is 0. The number of benzene rings is 6. The van der Waals surface area contributed by atoms with Crippen LogP contribution in [0.1, 0.15) is 17.8 Å². The number of rotatable bonds is 4. The van der Waals surface area contributed by atoms with E-state index in [1.807, 2.05) is 6.07 Å². The van der Waals surface area contributed by atoms with Gasteiger partial charge in [0, 0.05) is 32.8 Å². The van der Waals surface area contributed by atoms with Crippen LogP contribution < -0.4 is 0 Å². The number of hydrogen-bond acceptors (Lipinski definition) is 2. The second-order valence-corrected chi connectivity index (χ2v) is 12.5. The van der Waals surface area contributed by atoms with Gasteiger partial charge in [0.25, 0.3) is 0 Å². The lowest BCUT2D eigenvalue weighted by molar-refractivity contribution is 0.883. The summed E-state index contributed by atoms with van der Waals surface area (Å²) < 4.78 is 4.68. The summed E-state index contributed by atoms with van der Waals surface area (Å²) in [6.07, 6.45) is 6.19. The number of nitrogens with zero attached hydrogens (tertiary/aromatic N) is 4. The first-order valence-corrected chi connectivity index (χ1v) is 16.6. The molecule has 6 aromatic carbocycles. The van der Waals surface area contributed by atoms with Crippen molar-refractivity contribution in [2.45, 2.75) is 12.8 Å². The Balaban J connectivity index is 1.19. The molecule has 0 saturated heterocycles. The lowest BCUT2D eigenvalue weighted by Gasteiger charge is -2.17. The molecule has 3 heterocycles. The van der Waals surface area contributed by atoms with Crippen molar-refractivity contribution in [2.24, 2.45) is 0 Å². The summed E-state index contributed by atoms with van der Waals surface area (Å²) in [5, 5.41) is 4.91. The molecule has 9 aromatic rings. The van der Waals surface area contributed by atoms with Crippen LogP contribution in [0.4, 0.5) is 0 Å². The maximum atomic E-state index is 5.35. The van der Waals surface area contributed by atoms with E-state index in [2.05, 4.69) is 161 Å². The molecule has 0 aliphatic heterocycles. The normalized spacial score (nSPS) is 12.8. The van der Waals surface area contributed by atoms with E-state index in [1.165, 1.54) is 49.4 Å². The lowest BCUT2D eigenvalue weighted by atomic mass is 10.0. The van der Waals surface area contributed by atoms with Gasteiger partial charge >= 0.3 is 0 Å². The minimum absolute atomic E-state index is 0.879. The third-order valence-electron chi connectivity index (χ3n) is 9.76. The van der Waals surface area contributed by atoms with Gasteiger partial charge < -0.3 is 4.57 Å². The molecule has 0 N–H and O–H groups in total. The van der Waals surface area contributed by atoms with Gasteiger partial charge in [-0.2, -0.15) is 0 Å². The fourth-order valence-corrected chi connectivity index (χ4v) is 7.54. The van der Waals surface area contributed by atoms with E-state index in [-0.39, 0.29) is 0 Å². The predicted molar refractivity (Wildman–Crippen MR) is 199 cm³/mol. The SMILES string of the molecule is C1=Cc2nc(-c3ccccc3)c(-n3c4ccccc4c4cc(-c5ccc6c(c5)c5ccccc5n6-c5ccccc5)ccc43)nc2CC1. The molecule has 0 saturated carbocycles. The van der Waals surface area contributed by atoms with Crippen molar-refractivity contribution in [1.29, 1.82) is 0 Å². The van der Waals surface area contributed by atoms with Gasteiger partial charge in [0.1, 0.15) is 5.69 Å². The number of hydrogen-bond donors (Lipinski definition) is 0. The minimum atomic E-state index is 0.879. The summed E-state index contributed by atoms with van der Waals surface area (Å²) in [5.41, 5.74) is 12.2. The molecule has 10 rings (SSSR count). The van der Waals surface area contributed by atoms with Crippen molar-refractivity contribution >= 4 is 49.7 Å². The summed E-state index contributed by atoms with van der Waals surface area (Å²) in [7, 11) is 0. The molecular weight excluding hydrogens is 585 g/mol. The second-order valence-electron chi connectivity index (χ2n) is 12.5. The zero-order chi connectivity index (χ0) is 31.6. The van der Waals surface area contributed by atoms with E-state index in [1.54, 1.807) is 0 Å².